The first kappa shape index (κ1) is 32.1. The van der Waals surface area contributed by atoms with Crippen molar-refractivity contribution in [2.75, 3.05) is 13.2 Å². The Labute approximate surface area is 253 Å². The summed E-state index contributed by atoms with van der Waals surface area (Å²) in [6, 6.07) is 5.99. The fraction of sp³-hybridized carbons (Fsp3) is 0.548. The fourth-order valence-corrected chi connectivity index (χ4v) is 8.18. The van der Waals surface area contributed by atoms with Gasteiger partial charge in [0.2, 0.25) is 5.78 Å². The molecule has 0 aromatic heterocycles. The summed E-state index contributed by atoms with van der Waals surface area (Å²) in [5.41, 5.74) is -5.21. The van der Waals surface area contributed by atoms with Gasteiger partial charge in [-0.25, -0.2) is 9.23 Å². The summed E-state index contributed by atoms with van der Waals surface area (Å²) in [6.07, 6.45) is 3.76. The Morgan fingerprint density at radius 3 is 2.64 bits per heavy atom. The highest BCUT2D eigenvalue weighted by molar-refractivity contribution is 6.01. The van der Waals surface area contributed by atoms with E-state index >= 15 is 4.39 Å². The van der Waals surface area contributed by atoms with Gasteiger partial charge in [0.25, 0.3) is 5.91 Å². The quantitative estimate of drug-likeness (QED) is 0.202. The van der Waals surface area contributed by atoms with Crippen molar-refractivity contribution in [2.45, 2.75) is 69.9 Å². The van der Waals surface area contributed by atoms with E-state index in [0.29, 0.717) is 30.4 Å². The molecular formula is C31H37FN2O10. The number of Topliss-reactive ketones (excluding diaryl/α,β-unsaturated/α-hetero) is 1. The van der Waals surface area contributed by atoms with E-state index in [1.807, 2.05) is 0 Å². The Morgan fingerprint density at radius 1 is 1.16 bits per heavy atom. The minimum Gasteiger partial charge on any atom is -0.456 e. The number of ether oxygens (including phenoxy) is 1. The van der Waals surface area contributed by atoms with Crippen molar-refractivity contribution in [1.82, 2.24) is 10.7 Å². The van der Waals surface area contributed by atoms with Crippen LogP contribution in [-0.2, 0) is 30.6 Å². The van der Waals surface area contributed by atoms with E-state index in [0.717, 1.165) is 0 Å². The largest absolute Gasteiger partial charge is 0.456 e. The molecule has 4 aliphatic rings. The van der Waals surface area contributed by atoms with Crippen LogP contribution in [0.1, 0.15) is 61.9 Å². The van der Waals surface area contributed by atoms with Crippen LogP contribution in [0.4, 0.5) is 4.39 Å². The number of nitrogens with zero attached hydrogens (tertiary/aromatic N) is 1. The van der Waals surface area contributed by atoms with Crippen LogP contribution < -0.4 is 5.32 Å². The lowest BCUT2D eigenvalue weighted by Crippen LogP contribution is -2.69. The maximum atomic E-state index is 17.2. The Balaban J connectivity index is 1.21. The van der Waals surface area contributed by atoms with Crippen LogP contribution in [0.2, 0.25) is 0 Å². The van der Waals surface area contributed by atoms with Crippen molar-refractivity contribution < 1.29 is 53.8 Å². The second-order valence-electron chi connectivity index (χ2n) is 12.7. The van der Waals surface area contributed by atoms with Crippen LogP contribution in [0.15, 0.2) is 48.1 Å². The Hall–Kier alpha value is -3.33. The molecule has 13 heteroatoms. The van der Waals surface area contributed by atoms with Crippen molar-refractivity contribution in [1.29, 1.82) is 0 Å². The molecule has 0 spiro atoms. The predicted molar refractivity (Wildman–Crippen MR) is 148 cm³/mol. The first-order valence-corrected chi connectivity index (χ1v) is 14.6. The summed E-state index contributed by atoms with van der Waals surface area (Å²) in [6.45, 7) is 1.80. The maximum Gasteiger partial charge on any atom is 0.325 e. The number of alkyl halides is 1. The summed E-state index contributed by atoms with van der Waals surface area (Å²) in [5.74, 6) is -3.65. The molecule has 44 heavy (non-hydrogen) atoms. The molecule has 5 rings (SSSR count). The highest BCUT2D eigenvalue weighted by atomic mass is 19.1. The molecule has 0 aliphatic heterocycles. The van der Waals surface area contributed by atoms with Crippen LogP contribution in [0, 0.1) is 22.7 Å². The maximum absolute atomic E-state index is 17.2. The fourth-order valence-electron chi connectivity index (χ4n) is 8.18. The Morgan fingerprint density at radius 2 is 1.91 bits per heavy atom. The molecule has 1 aromatic rings. The molecule has 3 fully saturated rings. The zero-order valence-corrected chi connectivity index (χ0v) is 24.5. The number of halogens is 1. The second kappa shape index (κ2) is 11.5. The van der Waals surface area contributed by atoms with Gasteiger partial charge >= 0.3 is 5.97 Å². The van der Waals surface area contributed by atoms with Crippen molar-refractivity contribution >= 4 is 23.4 Å². The number of nitrogens with one attached hydrogen (secondary N) is 1. The number of aliphatic hydroxyl groups is 2. The molecule has 12 nitrogen and oxygen atoms in total. The zero-order valence-electron chi connectivity index (χ0n) is 24.5. The summed E-state index contributed by atoms with van der Waals surface area (Å²) in [7, 11) is 0. The van der Waals surface area contributed by atoms with Crippen molar-refractivity contribution in [3.8, 4) is 0 Å². The van der Waals surface area contributed by atoms with Crippen molar-refractivity contribution in [3.05, 3.63) is 59.2 Å². The molecule has 5 N–H and O–H groups in total. The molecule has 4 aliphatic carbocycles. The van der Waals surface area contributed by atoms with Crippen molar-refractivity contribution in [3.63, 3.8) is 0 Å². The number of fused-ring (bicyclic) bond motifs is 5. The Bertz CT molecular complexity index is 1430. The number of hydrogen-bond donors (Lipinski definition) is 5. The van der Waals surface area contributed by atoms with E-state index in [-0.39, 0.29) is 30.8 Å². The molecule has 1 amide bonds. The van der Waals surface area contributed by atoms with Gasteiger partial charge in [0.15, 0.2) is 18.1 Å². The number of carbonyl (C=O) groups excluding carboxylic acids is 4. The van der Waals surface area contributed by atoms with Crippen LogP contribution in [-0.4, -0.2) is 80.0 Å². The van der Waals surface area contributed by atoms with Gasteiger partial charge in [-0.3, -0.25) is 29.6 Å². The Kier molecular flexibility index (Phi) is 8.42. The van der Waals surface area contributed by atoms with Gasteiger partial charge in [-0.1, -0.05) is 30.7 Å². The van der Waals surface area contributed by atoms with Crippen molar-refractivity contribution in [2.24, 2.45) is 22.7 Å². The molecule has 3 saturated carbocycles. The number of ketones is 2. The first-order valence-electron chi connectivity index (χ1n) is 14.6. The first-order chi connectivity index (χ1) is 20.7. The minimum atomic E-state index is -2.10. The van der Waals surface area contributed by atoms with E-state index in [9.17, 15) is 29.4 Å². The number of aliphatic hydroxyl groups excluding tert-OH is 1. The summed E-state index contributed by atoms with van der Waals surface area (Å²) >= 11 is 0. The smallest absolute Gasteiger partial charge is 0.325 e. The molecule has 238 valence electrons. The van der Waals surface area contributed by atoms with Gasteiger partial charge in [0, 0.05) is 22.3 Å². The number of allylic oxidation sites excluding steroid dienone is 4. The molecule has 0 radical (unpaired) electrons. The lowest BCUT2D eigenvalue weighted by Gasteiger charge is -2.62. The summed E-state index contributed by atoms with van der Waals surface area (Å²) in [4.78, 5) is 54.8. The summed E-state index contributed by atoms with van der Waals surface area (Å²) < 4.78 is 22.3. The van der Waals surface area contributed by atoms with Crippen LogP contribution >= 0.6 is 0 Å². The van der Waals surface area contributed by atoms with Gasteiger partial charge in [-0.15, -0.1) is 0 Å². The zero-order chi connectivity index (χ0) is 32.1. The molecule has 1 aromatic carbocycles. The van der Waals surface area contributed by atoms with Gasteiger partial charge in [-0.05, 0) is 74.8 Å². The van der Waals surface area contributed by atoms with E-state index in [4.69, 9.17) is 15.2 Å². The van der Waals surface area contributed by atoms with Crippen LogP contribution in [0.3, 0.4) is 0 Å². The average molecular weight is 617 g/mol. The summed E-state index contributed by atoms with van der Waals surface area (Å²) in [5, 5.41) is 42.4. The number of carbonyl (C=O) groups is 4. The van der Waals surface area contributed by atoms with Crippen LogP contribution in [0.5, 0.6) is 0 Å². The molecule has 0 bridgehead atoms. The number of hydrogen-bond acceptors (Lipinski definition) is 11. The lowest BCUT2D eigenvalue weighted by atomic mass is 9.44. The highest BCUT2D eigenvalue weighted by Gasteiger charge is 2.74. The van der Waals surface area contributed by atoms with Gasteiger partial charge in [-0.2, -0.15) is 0 Å². The lowest BCUT2D eigenvalue weighted by molar-refractivity contribution is -0.497. The third kappa shape index (κ3) is 5.11. The molecule has 7 atom stereocenters. The third-order valence-corrected chi connectivity index (χ3v) is 10.5. The van der Waals surface area contributed by atoms with E-state index in [1.54, 1.807) is 26.0 Å². The van der Waals surface area contributed by atoms with Crippen LogP contribution in [0.25, 0.3) is 0 Å². The van der Waals surface area contributed by atoms with E-state index < -0.39 is 76.2 Å². The highest BCUT2D eigenvalue weighted by Crippen LogP contribution is 2.69. The third-order valence-electron chi connectivity index (χ3n) is 10.5. The number of esters is 1. The second-order valence-corrected chi connectivity index (χ2v) is 12.7. The molecule has 3 unspecified atom stereocenters. The number of amides is 1. The van der Waals surface area contributed by atoms with E-state index in [1.165, 1.54) is 30.4 Å². The normalized spacial score (nSPS) is 35.8. The molecule has 0 saturated heterocycles. The minimum absolute atomic E-state index is 0.0126. The van der Waals surface area contributed by atoms with Gasteiger partial charge < -0.3 is 20.3 Å². The number of benzene rings is 1. The molecular weight excluding hydrogens is 579 g/mol. The standard InChI is InChI=1S/C31H37FN2O10/c1-28-10-8-21(35)13-20(28)6-7-23-22-9-11-30(40,29(22,2)14-24(36)31(23,28)32)25(37)17-43-26(38)15-33-27(39)19-5-3-4-18(12-19)16-44-34(41)42/h3-5,8,10,12-13,22-24,36,40-42H,6-7,9,11,14-17H2,1-2H3,(H,33,39)/t22?,23-,24-,28-,29-,30?,31?/m0/s1. The average Bonchev–Trinajstić information content (AvgIpc) is 3.25. The topological polar surface area (TPSA) is 183 Å². The SMILES string of the molecule is C[C@]12C=CC(=O)C=C1CC[C@H]1C3CCC(O)(C(=O)COC(=O)CNC(=O)c4cccc(CON(O)O)c4)[C@@]3(C)C[C@H](O)C12F. The van der Waals surface area contributed by atoms with Gasteiger partial charge in [0.1, 0.15) is 12.1 Å². The monoisotopic (exact) mass is 616 g/mol. The molecule has 0 heterocycles. The number of rotatable bonds is 9. The van der Waals surface area contributed by atoms with E-state index in [2.05, 4.69) is 10.2 Å². The van der Waals surface area contributed by atoms with Gasteiger partial charge in [0.05, 0.1) is 18.1 Å². The predicted octanol–water partition coefficient (Wildman–Crippen LogP) is 2.14.